The van der Waals surface area contributed by atoms with Crippen LogP contribution in [-0.4, -0.2) is 25.3 Å². The molecule has 4 nitrogen and oxygen atoms in total. The minimum Gasteiger partial charge on any atom is -0.462 e. The minimum atomic E-state index is -3.40. The summed E-state index contributed by atoms with van der Waals surface area (Å²) in [5.41, 5.74) is -0.495. The number of alkyl halides is 2. The zero-order chi connectivity index (χ0) is 15.6. The van der Waals surface area contributed by atoms with E-state index in [1.165, 1.54) is 6.92 Å². The van der Waals surface area contributed by atoms with E-state index in [-0.39, 0.29) is 18.8 Å². The van der Waals surface area contributed by atoms with E-state index in [2.05, 4.69) is 4.74 Å². The molecule has 22 heavy (non-hydrogen) atoms. The monoisotopic (exact) mass is 310 g/mol. The van der Waals surface area contributed by atoms with Crippen molar-refractivity contribution in [3.63, 3.8) is 0 Å². The lowest BCUT2D eigenvalue weighted by atomic mass is 9.32. The Morgan fingerprint density at radius 3 is 2.64 bits per heavy atom. The Bertz CT molecular complexity index is 636. The Hall–Kier alpha value is -1.85. The molecule has 1 heterocycles. The van der Waals surface area contributed by atoms with Crippen molar-refractivity contribution >= 4 is 5.97 Å². The molecule has 0 aromatic heterocycles. The summed E-state index contributed by atoms with van der Waals surface area (Å²) in [6.45, 7) is 1.69. The van der Waals surface area contributed by atoms with Gasteiger partial charge in [-0.3, -0.25) is 0 Å². The molecule has 1 aromatic carbocycles. The molecule has 0 amide bonds. The van der Waals surface area contributed by atoms with Crippen LogP contribution in [0.5, 0.6) is 11.5 Å². The highest BCUT2D eigenvalue weighted by molar-refractivity contribution is 5.80. The standard InChI is InChI=1S/C16H16F2O4/c1-2-20-13(19)16(17,18)15-6-14(7-15,8-15)10-3-4-11-12(5-10)22-9-21-11/h3-5H,2,6-9H2,1H3. The van der Waals surface area contributed by atoms with E-state index in [4.69, 9.17) is 9.47 Å². The van der Waals surface area contributed by atoms with Crippen molar-refractivity contribution in [3.05, 3.63) is 23.8 Å². The van der Waals surface area contributed by atoms with Gasteiger partial charge in [0.25, 0.3) is 0 Å². The van der Waals surface area contributed by atoms with Crippen molar-refractivity contribution in [1.82, 2.24) is 0 Å². The summed E-state index contributed by atoms with van der Waals surface area (Å²) in [5.74, 6) is -3.45. The molecule has 3 fully saturated rings. The first-order valence-corrected chi connectivity index (χ1v) is 7.38. The van der Waals surface area contributed by atoms with Gasteiger partial charge in [0, 0.05) is 5.41 Å². The number of carbonyl (C=O) groups excluding carboxylic acids is 1. The van der Waals surface area contributed by atoms with Crippen LogP contribution in [0.15, 0.2) is 18.2 Å². The van der Waals surface area contributed by atoms with E-state index in [0.717, 1.165) is 5.56 Å². The van der Waals surface area contributed by atoms with Crippen LogP contribution in [0.2, 0.25) is 0 Å². The van der Waals surface area contributed by atoms with Gasteiger partial charge < -0.3 is 14.2 Å². The van der Waals surface area contributed by atoms with Crippen molar-refractivity contribution in [2.24, 2.45) is 5.41 Å². The van der Waals surface area contributed by atoms with Gasteiger partial charge in [-0.15, -0.1) is 0 Å². The lowest BCUT2D eigenvalue weighted by Gasteiger charge is -2.72. The van der Waals surface area contributed by atoms with Gasteiger partial charge in [0.2, 0.25) is 6.79 Å². The number of rotatable bonds is 4. The first-order chi connectivity index (χ1) is 10.4. The van der Waals surface area contributed by atoms with Gasteiger partial charge in [0.1, 0.15) is 0 Å². The first-order valence-electron chi connectivity index (χ1n) is 7.38. The fraction of sp³-hybridized carbons (Fsp3) is 0.562. The lowest BCUT2D eigenvalue weighted by molar-refractivity contribution is -0.279. The Balaban J connectivity index is 1.53. The number of benzene rings is 1. The quantitative estimate of drug-likeness (QED) is 0.802. The van der Waals surface area contributed by atoms with E-state index in [0.29, 0.717) is 30.8 Å². The SMILES string of the molecule is CCOC(=O)C(F)(F)C12CC(c3ccc4c(c3)OCO4)(C1)C2. The van der Waals surface area contributed by atoms with Crippen molar-refractivity contribution in [3.8, 4) is 11.5 Å². The molecule has 118 valence electrons. The molecule has 1 aromatic rings. The molecule has 0 saturated heterocycles. The Morgan fingerprint density at radius 2 is 1.95 bits per heavy atom. The number of esters is 1. The average molecular weight is 310 g/mol. The minimum absolute atomic E-state index is 0.0300. The summed E-state index contributed by atoms with van der Waals surface area (Å²) in [6, 6.07) is 5.58. The molecule has 5 rings (SSSR count). The fourth-order valence-corrected chi connectivity index (χ4v) is 4.09. The van der Waals surface area contributed by atoms with E-state index < -0.39 is 17.3 Å². The summed E-state index contributed by atoms with van der Waals surface area (Å²) in [5, 5.41) is 0. The zero-order valence-corrected chi connectivity index (χ0v) is 12.2. The van der Waals surface area contributed by atoms with Gasteiger partial charge in [0.15, 0.2) is 11.5 Å². The molecule has 0 radical (unpaired) electrons. The number of halogens is 2. The maximum absolute atomic E-state index is 14.3. The molecular formula is C16H16F2O4. The summed E-state index contributed by atoms with van der Waals surface area (Å²) < 4.78 is 43.6. The second-order valence-corrected chi connectivity index (χ2v) is 6.45. The third kappa shape index (κ3) is 1.53. The van der Waals surface area contributed by atoms with Crippen LogP contribution in [0.25, 0.3) is 0 Å². The van der Waals surface area contributed by atoms with E-state index in [1.54, 1.807) is 0 Å². The molecule has 0 N–H and O–H groups in total. The van der Waals surface area contributed by atoms with Gasteiger partial charge in [0.05, 0.1) is 6.61 Å². The van der Waals surface area contributed by atoms with Crippen molar-refractivity contribution in [1.29, 1.82) is 0 Å². The molecule has 0 spiro atoms. The summed E-state index contributed by atoms with van der Waals surface area (Å²) >= 11 is 0. The second kappa shape index (κ2) is 4.12. The van der Waals surface area contributed by atoms with Gasteiger partial charge in [-0.1, -0.05) is 6.07 Å². The third-order valence-electron chi connectivity index (χ3n) is 5.21. The van der Waals surface area contributed by atoms with Crippen LogP contribution in [0.1, 0.15) is 31.7 Å². The Morgan fingerprint density at radius 1 is 1.27 bits per heavy atom. The summed E-state index contributed by atoms with van der Waals surface area (Å²) in [4.78, 5) is 11.5. The molecule has 3 aliphatic carbocycles. The predicted molar refractivity (Wildman–Crippen MR) is 72.1 cm³/mol. The molecule has 2 bridgehead atoms. The smallest absolute Gasteiger partial charge is 0.377 e. The van der Waals surface area contributed by atoms with E-state index >= 15 is 0 Å². The number of fused-ring (bicyclic) bond motifs is 1. The van der Waals surface area contributed by atoms with Crippen LogP contribution in [0.4, 0.5) is 8.78 Å². The molecule has 3 saturated carbocycles. The number of carbonyl (C=O) groups is 1. The number of hydrogen-bond donors (Lipinski definition) is 0. The Labute approximate surface area is 126 Å². The van der Waals surface area contributed by atoms with E-state index in [9.17, 15) is 13.6 Å². The topological polar surface area (TPSA) is 44.8 Å². The third-order valence-corrected chi connectivity index (χ3v) is 5.21. The van der Waals surface area contributed by atoms with Crippen LogP contribution in [0, 0.1) is 5.41 Å². The lowest BCUT2D eigenvalue weighted by Crippen LogP contribution is -2.73. The van der Waals surface area contributed by atoms with E-state index in [1.807, 2.05) is 18.2 Å². The second-order valence-electron chi connectivity index (χ2n) is 6.45. The molecular weight excluding hydrogens is 294 g/mol. The van der Waals surface area contributed by atoms with Crippen LogP contribution in [0.3, 0.4) is 0 Å². The molecule has 1 aliphatic heterocycles. The van der Waals surface area contributed by atoms with Crippen LogP contribution in [-0.2, 0) is 14.9 Å². The largest absolute Gasteiger partial charge is 0.462 e. The highest BCUT2D eigenvalue weighted by Gasteiger charge is 2.80. The maximum Gasteiger partial charge on any atom is 0.377 e. The number of hydrogen-bond acceptors (Lipinski definition) is 4. The highest BCUT2D eigenvalue weighted by atomic mass is 19.3. The maximum atomic E-state index is 14.3. The fourth-order valence-electron chi connectivity index (χ4n) is 4.09. The van der Waals surface area contributed by atoms with Crippen LogP contribution >= 0.6 is 0 Å². The van der Waals surface area contributed by atoms with Crippen molar-refractivity contribution < 1.29 is 27.8 Å². The summed E-state index contributed by atoms with van der Waals surface area (Å²) in [7, 11) is 0. The Kier molecular flexibility index (Phi) is 2.58. The zero-order valence-electron chi connectivity index (χ0n) is 12.2. The number of ether oxygens (including phenoxy) is 3. The van der Waals surface area contributed by atoms with Gasteiger partial charge in [-0.05, 0) is 49.3 Å². The highest BCUT2D eigenvalue weighted by Crippen LogP contribution is 2.78. The van der Waals surface area contributed by atoms with Gasteiger partial charge in [-0.2, -0.15) is 8.78 Å². The molecule has 0 atom stereocenters. The molecule has 6 heteroatoms. The predicted octanol–water partition coefficient (Wildman–Crippen LogP) is 3.04. The van der Waals surface area contributed by atoms with Crippen molar-refractivity contribution in [2.75, 3.05) is 13.4 Å². The summed E-state index contributed by atoms with van der Waals surface area (Å²) in [6.07, 6.45) is 0.933. The van der Waals surface area contributed by atoms with Gasteiger partial charge >= 0.3 is 11.9 Å². The van der Waals surface area contributed by atoms with Crippen LogP contribution < -0.4 is 9.47 Å². The average Bonchev–Trinajstić information content (AvgIpc) is 2.83. The molecule has 4 aliphatic rings. The van der Waals surface area contributed by atoms with Gasteiger partial charge in [-0.25, -0.2) is 4.79 Å². The first kappa shape index (κ1) is 13.8. The van der Waals surface area contributed by atoms with Crippen molar-refractivity contribution in [2.45, 2.75) is 37.5 Å². The normalized spacial score (nSPS) is 31.2. The molecule has 0 unspecified atom stereocenters.